The molecule has 11 heteroatoms. The van der Waals surface area contributed by atoms with E-state index in [1.807, 2.05) is 32.1 Å². The summed E-state index contributed by atoms with van der Waals surface area (Å²) in [6.07, 6.45) is 9.62. The first-order valence-electron chi connectivity index (χ1n) is 21.2. The summed E-state index contributed by atoms with van der Waals surface area (Å²) in [5, 5.41) is 55.0. The summed E-state index contributed by atoms with van der Waals surface area (Å²) in [5.41, 5.74) is -2.18. The molecule has 11 nitrogen and oxygen atoms in total. The molecule has 0 aromatic carbocycles. The standard InChI is InChI=1S/C45H74O11/c1-12-34-17-15-13-14-16-27(4)42(51)44(11,53)43(52)32(9)40(50)31(8)39(49)30(7)38(48)26(3)18-21-37(47)54-41-29(6)35(20-19-34)55-45(33(41)10)23-22-25(2)36(56-45)24-28(5)46/h13-15,17-18,21,25-36,38,40-42,46,48,50-51,53H,12,16,19-20,22-24H2,1-11H3/b14-13+,17-15+,21-18+/t25-,26-,27+,28+,29+,30-,31-,32-,33+,34-,35-,36-,38+,40+,41+,42-,44+,45-/m0/s1. The van der Waals surface area contributed by atoms with Gasteiger partial charge in [0.15, 0.2) is 11.6 Å². The van der Waals surface area contributed by atoms with E-state index in [1.54, 1.807) is 20.8 Å². The second-order valence-electron chi connectivity index (χ2n) is 18.0. The molecule has 3 aliphatic heterocycles. The van der Waals surface area contributed by atoms with Crippen LogP contribution in [0.15, 0.2) is 36.5 Å². The van der Waals surface area contributed by atoms with Crippen LogP contribution in [0.2, 0.25) is 0 Å². The Hall–Kier alpha value is -2.25. The minimum atomic E-state index is -2.18. The lowest BCUT2D eigenvalue weighted by molar-refractivity contribution is -0.371. The lowest BCUT2D eigenvalue weighted by atomic mass is 9.74. The third kappa shape index (κ3) is 11.5. The molecule has 0 unspecified atom stereocenters. The summed E-state index contributed by atoms with van der Waals surface area (Å²) in [6.45, 7) is 19.1. The van der Waals surface area contributed by atoms with Gasteiger partial charge in [0.25, 0.3) is 0 Å². The molecule has 0 saturated carbocycles. The van der Waals surface area contributed by atoms with Gasteiger partial charge in [-0.2, -0.15) is 0 Å². The van der Waals surface area contributed by atoms with E-state index in [4.69, 9.17) is 14.2 Å². The molecule has 18 atom stereocenters. The first-order chi connectivity index (χ1) is 26.1. The molecule has 0 amide bonds. The van der Waals surface area contributed by atoms with Crippen LogP contribution in [0.3, 0.4) is 0 Å². The van der Waals surface area contributed by atoms with Crippen LogP contribution in [0.1, 0.15) is 121 Å². The van der Waals surface area contributed by atoms with Gasteiger partial charge in [-0.1, -0.05) is 92.7 Å². The number of carbonyl (C=O) groups is 3. The van der Waals surface area contributed by atoms with Crippen molar-refractivity contribution in [2.24, 2.45) is 53.3 Å². The Labute approximate surface area is 336 Å². The number of hydrogen-bond acceptors (Lipinski definition) is 11. The number of allylic oxidation sites excluding steroid dienone is 4. The van der Waals surface area contributed by atoms with Crippen LogP contribution in [-0.4, -0.2) is 97.2 Å². The summed E-state index contributed by atoms with van der Waals surface area (Å²) in [7, 11) is 0. The van der Waals surface area contributed by atoms with Crippen molar-refractivity contribution in [1.29, 1.82) is 0 Å². The topological polar surface area (TPSA) is 180 Å². The molecule has 320 valence electrons. The van der Waals surface area contributed by atoms with Crippen molar-refractivity contribution < 1.29 is 54.1 Å². The second kappa shape index (κ2) is 20.6. The lowest BCUT2D eigenvalue weighted by Gasteiger charge is -2.55. The van der Waals surface area contributed by atoms with Crippen LogP contribution in [0.5, 0.6) is 0 Å². The molecule has 0 aromatic heterocycles. The number of esters is 1. The van der Waals surface area contributed by atoms with Crippen molar-refractivity contribution >= 4 is 17.5 Å². The van der Waals surface area contributed by atoms with Crippen LogP contribution in [-0.2, 0) is 28.6 Å². The number of aliphatic hydroxyl groups is 5. The van der Waals surface area contributed by atoms with Crippen LogP contribution < -0.4 is 0 Å². The van der Waals surface area contributed by atoms with Crippen LogP contribution >= 0.6 is 0 Å². The monoisotopic (exact) mass is 791 g/mol. The Morgan fingerprint density at radius 2 is 1.48 bits per heavy atom. The Bertz CT molecular complexity index is 1390. The van der Waals surface area contributed by atoms with Crippen LogP contribution in [0.25, 0.3) is 0 Å². The van der Waals surface area contributed by atoms with Gasteiger partial charge >= 0.3 is 5.97 Å². The number of hydrogen-bond donors (Lipinski definition) is 5. The van der Waals surface area contributed by atoms with Crippen LogP contribution in [0, 0.1) is 53.3 Å². The zero-order valence-corrected chi connectivity index (χ0v) is 35.8. The SMILES string of the molecule is CC[C@H]1/C=C/C=C/C[C@@H](C)[C@H](O)[C@@](C)(O)C(=O)[C@@H](C)[C@H](O)[C@@H](C)C(=O)[C@@H](C)[C@H](O)[C@@H](C)/C=C/C(=O)O[C@@H]2[C@H](C)[C@H](CC1)O[C@]1(CC[C@H](C)[C@H](C[C@@H](C)O)O1)[C@@H]2C. The van der Waals surface area contributed by atoms with E-state index in [-0.39, 0.29) is 35.9 Å². The van der Waals surface area contributed by atoms with E-state index >= 15 is 0 Å². The maximum Gasteiger partial charge on any atom is 0.330 e. The van der Waals surface area contributed by atoms with E-state index in [0.717, 1.165) is 19.3 Å². The quantitative estimate of drug-likeness (QED) is 0.216. The van der Waals surface area contributed by atoms with Gasteiger partial charge in [-0.3, -0.25) is 9.59 Å². The minimum absolute atomic E-state index is 0.168. The normalized spacial score (nSPS) is 46.8. The summed E-state index contributed by atoms with van der Waals surface area (Å²) in [5.74, 6) is -7.28. The second-order valence-corrected chi connectivity index (χ2v) is 18.0. The highest BCUT2D eigenvalue weighted by molar-refractivity contribution is 5.91. The molecule has 5 N–H and O–H groups in total. The number of ketones is 2. The average Bonchev–Trinajstić information content (AvgIpc) is 3.16. The largest absolute Gasteiger partial charge is 0.458 e. The highest BCUT2D eigenvalue weighted by Crippen LogP contribution is 2.49. The maximum atomic E-state index is 13.5. The van der Waals surface area contributed by atoms with Crippen molar-refractivity contribution in [2.75, 3.05) is 0 Å². The van der Waals surface area contributed by atoms with Crippen molar-refractivity contribution in [3.05, 3.63) is 36.5 Å². The van der Waals surface area contributed by atoms with Crippen molar-refractivity contribution in [3.63, 3.8) is 0 Å². The van der Waals surface area contributed by atoms with Gasteiger partial charge in [0.1, 0.15) is 17.5 Å². The maximum absolute atomic E-state index is 13.5. The molecule has 1 spiro atoms. The smallest absolute Gasteiger partial charge is 0.330 e. The number of ether oxygens (including phenoxy) is 3. The van der Waals surface area contributed by atoms with Gasteiger partial charge in [0, 0.05) is 48.0 Å². The Morgan fingerprint density at radius 3 is 2.11 bits per heavy atom. The number of aliphatic hydroxyl groups excluding tert-OH is 4. The Morgan fingerprint density at radius 1 is 0.839 bits per heavy atom. The number of carbonyl (C=O) groups excluding carboxylic acids is 3. The number of fused-ring (bicyclic) bond motifs is 2. The highest BCUT2D eigenvalue weighted by atomic mass is 16.7. The van der Waals surface area contributed by atoms with Gasteiger partial charge in [-0.15, -0.1) is 0 Å². The van der Waals surface area contributed by atoms with Gasteiger partial charge in [0.05, 0.1) is 36.6 Å². The first kappa shape index (κ1) is 48.1. The molecule has 3 aliphatic rings. The molecule has 3 heterocycles. The fourth-order valence-electron chi connectivity index (χ4n) is 9.01. The van der Waals surface area contributed by atoms with Gasteiger partial charge in [0.2, 0.25) is 0 Å². The summed E-state index contributed by atoms with van der Waals surface area (Å²) >= 11 is 0. The Kier molecular flexibility index (Phi) is 17.7. The molecular formula is C45H74O11. The van der Waals surface area contributed by atoms with E-state index in [0.29, 0.717) is 25.7 Å². The number of Topliss-reactive ketones (excluding diaryl/α,β-unsaturated/α-hetero) is 2. The Balaban J connectivity index is 1.99. The van der Waals surface area contributed by atoms with Crippen molar-refractivity contribution in [2.45, 2.75) is 175 Å². The summed E-state index contributed by atoms with van der Waals surface area (Å²) in [6, 6.07) is 0. The molecular weight excluding hydrogens is 716 g/mol. The van der Waals surface area contributed by atoms with E-state index < -0.39 is 89.0 Å². The fourth-order valence-corrected chi connectivity index (χ4v) is 9.01. The van der Waals surface area contributed by atoms with Gasteiger partial charge in [-0.05, 0) is 70.1 Å². The third-order valence-electron chi connectivity index (χ3n) is 13.4. The summed E-state index contributed by atoms with van der Waals surface area (Å²) < 4.78 is 20.0. The van der Waals surface area contributed by atoms with E-state index in [1.165, 1.54) is 39.8 Å². The molecule has 0 aliphatic carbocycles. The fraction of sp³-hybridized carbons (Fsp3) is 0.800. The zero-order valence-electron chi connectivity index (χ0n) is 35.8. The predicted molar refractivity (Wildman–Crippen MR) is 215 cm³/mol. The number of rotatable bonds is 3. The van der Waals surface area contributed by atoms with Gasteiger partial charge < -0.3 is 39.7 Å². The van der Waals surface area contributed by atoms with Gasteiger partial charge in [-0.25, -0.2) is 4.79 Å². The molecule has 56 heavy (non-hydrogen) atoms. The molecule has 0 aromatic rings. The molecule has 2 saturated heterocycles. The minimum Gasteiger partial charge on any atom is -0.458 e. The van der Waals surface area contributed by atoms with E-state index in [2.05, 4.69) is 19.9 Å². The molecule has 3 rings (SSSR count). The lowest BCUT2D eigenvalue weighted by Crippen LogP contribution is -2.62. The van der Waals surface area contributed by atoms with Crippen molar-refractivity contribution in [1.82, 2.24) is 0 Å². The third-order valence-corrected chi connectivity index (χ3v) is 13.4. The zero-order chi connectivity index (χ0) is 42.3. The molecule has 2 fully saturated rings. The first-order valence-corrected chi connectivity index (χ1v) is 21.2. The predicted octanol–water partition coefficient (Wildman–Crippen LogP) is 5.88. The summed E-state index contributed by atoms with van der Waals surface area (Å²) in [4.78, 5) is 40.5. The van der Waals surface area contributed by atoms with E-state index in [9.17, 15) is 39.9 Å². The van der Waals surface area contributed by atoms with Crippen LogP contribution in [0.4, 0.5) is 0 Å². The van der Waals surface area contributed by atoms with Crippen molar-refractivity contribution in [3.8, 4) is 0 Å². The molecule has 0 radical (unpaired) electrons. The highest BCUT2D eigenvalue weighted by Gasteiger charge is 2.56. The average molecular weight is 791 g/mol. The molecule has 2 bridgehead atoms.